The second kappa shape index (κ2) is 6.97. The molecule has 0 aromatic heterocycles. The number of benzene rings is 3. The van der Waals surface area contributed by atoms with Crippen molar-refractivity contribution in [3.8, 4) is 0 Å². The van der Waals surface area contributed by atoms with Crippen molar-refractivity contribution in [3.63, 3.8) is 0 Å². The summed E-state index contributed by atoms with van der Waals surface area (Å²) in [5.74, 6) is -0.314. The third-order valence-corrected chi connectivity index (χ3v) is 3.70. The first kappa shape index (κ1) is 15.1. The highest BCUT2D eigenvalue weighted by Crippen LogP contribution is 2.24. The van der Waals surface area contributed by atoms with Gasteiger partial charge in [0.1, 0.15) is 5.82 Å². The molecule has 0 amide bonds. The van der Waals surface area contributed by atoms with E-state index in [1.54, 1.807) is 0 Å². The van der Waals surface area contributed by atoms with Crippen LogP contribution in [0.5, 0.6) is 0 Å². The van der Waals surface area contributed by atoms with Crippen LogP contribution in [-0.2, 0) is 13.1 Å². The molecule has 0 atom stereocenters. The third-order valence-electron chi connectivity index (χ3n) is 3.70. The molecule has 3 heteroatoms. The van der Waals surface area contributed by atoms with Gasteiger partial charge in [-0.15, -0.1) is 0 Å². The number of halogens is 1. The summed E-state index contributed by atoms with van der Waals surface area (Å²) < 4.78 is 13.8. The minimum atomic E-state index is -0.314. The van der Waals surface area contributed by atoms with E-state index >= 15 is 0 Å². The maximum absolute atomic E-state index is 13.8. The fraction of sp³-hybridized carbons (Fsp3) is 0.100. The monoisotopic (exact) mass is 306 g/mol. The van der Waals surface area contributed by atoms with Gasteiger partial charge in [-0.05, 0) is 29.3 Å². The van der Waals surface area contributed by atoms with Gasteiger partial charge in [0.15, 0.2) is 0 Å². The molecular weight excluding hydrogens is 287 g/mol. The van der Waals surface area contributed by atoms with Gasteiger partial charge in [0.2, 0.25) is 0 Å². The zero-order valence-corrected chi connectivity index (χ0v) is 12.8. The summed E-state index contributed by atoms with van der Waals surface area (Å²) in [6, 6.07) is 25.0. The Hall–Kier alpha value is -2.81. The number of hydrogen-bond donors (Lipinski definition) is 1. The molecule has 0 spiro atoms. The van der Waals surface area contributed by atoms with Gasteiger partial charge in [0, 0.05) is 24.5 Å². The summed E-state index contributed by atoms with van der Waals surface area (Å²) in [5, 5.41) is 0. The molecule has 2 N–H and O–H groups in total. The molecule has 0 aliphatic rings. The molecule has 0 bridgehead atoms. The van der Waals surface area contributed by atoms with E-state index in [4.69, 9.17) is 5.73 Å². The maximum atomic E-state index is 13.8. The van der Waals surface area contributed by atoms with Crippen LogP contribution >= 0.6 is 0 Å². The number of rotatable bonds is 5. The van der Waals surface area contributed by atoms with Gasteiger partial charge < -0.3 is 10.6 Å². The Morgan fingerprint density at radius 2 is 1.26 bits per heavy atom. The number of nitrogens with two attached hydrogens (primary N) is 1. The van der Waals surface area contributed by atoms with E-state index in [1.165, 1.54) is 23.3 Å². The molecule has 0 heterocycles. The van der Waals surface area contributed by atoms with Crippen molar-refractivity contribution in [2.24, 2.45) is 0 Å². The van der Waals surface area contributed by atoms with Crippen molar-refractivity contribution < 1.29 is 4.39 Å². The average molecular weight is 306 g/mol. The Bertz CT molecular complexity index is 695. The van der Waals surface area contributed by atoms with E-state index in [0.717, 1.165) is 5.69 Å². The molecular formula is C20H19FN2. The van der Waals surface area contributed by atoms with E-state index in [9.17, 15) is 4.39 Å². The van der Waals surface area contributed by atoms with Crippen molar-refractivity contribution in [1.29, 1.82) is 0 Å². The Morgan fingerprint density at radius 1 is 0.739 bits per heavy atom. The fourth-order valence-corrected chi connectivity index (χ4v) is 2.62. The average Bonchev–Trinajstić information content (AvgIpc) is 2.55. The standard InChI is InChI=1S/C20H19FN2/c21-18-11-19(22)13-20(12-18)23(14-16-7-3-1-4-8-16)15-17-9-5-2-6-10-17/h1-13H,14-15,22H2. The van der Waals surface area contributed by atoms with Gasteiger partial charge in [0.05, 0.1) is 0 Å². The Balaban J connectivity index is 1.92. The van der Waals surface area contributed by atoms with Crippen LogP contribution in [0.25, 0.3) is 0 Å². The van der Waals surface area contributed by atoms with Crippen LogP contribution < -0.4 is 10.6 Å². The molecule has 0 aliphatic heterocycles. The number of hydrogen-bond acceptors (Lipinski definition) is 2. The summed E-state index contributed by atoms with van der Waals surface area (Å²) in [4.78, 5) is 2.13. The SMILES string of the molecule is Nc1cc(F)cc(N(Cc2ccccc2)Cc2ccccc2)c1. The largest absolute Gasteiger partial charge is 0.399 e. The van der Waals surface area contributed by atoms with Gasteiger partial charge in [-0.2, -0.15) is 0 Å². The molecule has 3 aromatic rings. The van der Waals surface area contributed by atoms with Gasteiger partial charge in [-0.1, -0.05) is 60.7 Å². The minimum Gasteiger partial charge on any atom is -0.399 e. The van der Waals surface area contributed by atoms with Crippen molar-refractivity contribution in [2.75, 3.05) is 10.6 Å². The van der Waals surface area contributed by atoms with Gasteiger partial charge in [0.25, 0.3) is 0 Å². The predicted octanol–water partition coefficient (Wildman–Crippen LogP) is 4.61. The zero-order valence-electron chi connectivity index (χ0n) is 12.8. The summed E-state index contributed by atoms with van der Waals surface area (Å²) in [6.45, 7) is 1.39. The highest BCUT2D eigenvalue weighted by atomic mass is 19.1. The quantitative estimate of drug-likeness (QED) is 0.697. The van der Waals surface area contributed by atoms with Crippen molar-refractivity contribution in [3.05, 3.63) is 95.8 Å². The minimum absolute atomic E-state index is 0.314. The van der Waals surface area contributed by atoms with Crippen molar-refractivity contribution in [2.45, 2.75) is 13.1 Å². The molecule has 3 rings (SSSR count). The molecule has 3 aromatic carbocycles. The predicted molar refractivity (Wildman–Crippen MR) is 93.6 cm³/mol. The Morgan fingerprint density at radius 3 is 1.74 bits per heavy atom. The fourth-order valence-electron chi connectivity index (χ4n) is 2.62. The molecule has 0 aliphatic carbocycles. The first-order chi connectivity index (χ1) is 11.2. The molecule has 23 heavy (non-hydrogen) atoms. The lowest BCUT2D eigenvalue weighted by molar-refractivity contribution is 0.626. The molecule has 0 radical (unpaired) electrons. The van der Waals surface area contributed by atoms with E-state index in [2.05, 4.69) is 29.2 Å². The van der Waals surface area contributed by atoms with Gasteiger partial charge in [-0.3, -0.25) is 0 Å². The lowest BCUT2D eigenvalue weighted by Crippen LogP contribution is -2.22. The van der Waals surface area contributed by atoms with Gasteiger partial charge in [-0.25, -0.2) is 4.39 Å². The number of nitrogen functional groups attached to an aromatic ring is 1. The number of nitrogens with zero attached hydrogens (tertiary/aromatic N) is 1. The zero-order chi connectivity index (χ0) is 16.1. The maximum Gasteiger partial charge on any atom is 0.127 e. The highest BCUT2D eigenvalue weighted by Gasteiger charge is 2.10. The lowest BCUT2D eigenvalue weighted by atomic mass is 10.1. The molecule has 116 valence electrons. The highest BCUT2D eigenvalue weighted by molar-refractivity contribution is 5.57. The van der Waals surface area contributed by atoms with Crippen molar-refractivity contribution in [1.82, 2.24) is 0 Å². The van der Waals surface area contributed by atoms with E-state index in [-0.39, 0.29) is 5.82 Å². The van der Waals surface area contributed by atoms with Crippen LogP contribution in [-0.4, -0.2) is 0 Å². The molecule has 0 saturated heterocycles. The van der Waals surface area contributed by atoms with Gasteiger partial charge >= 0.3 is 0 Å². The Labute approximate surface area is 136 Å². The molecule has 0 saturated carbocycles. The van der Waals surface area contributed by atoms with E-state index < -0.39 is 0 Å². The van der Waals surface area contributed by atoms with Crippen LogP contribution in [0.4, 0.5) is 15.8 Å². The van der Waals surface area contributed by atoms with Crippen LogP contribution in [0.3, 0.4) is 0 Å². The van der Waals surface area contributed by atoms with Crippen LogP contribution in [0.1, 0.15) is 11.1 Å². The smallest absolute Gasteiger partial charge is 0.127 e. The first-order valence-electron chi connectivity index (χ1n) is 7.59. The molecule has 0 fully saturated rings. The number of anilines is 2. The van der Waals surface area contributed by atoms with Crippen LogP contribution in [0.2, 0.25) is 0 Å². The second-order valence-corrected chi connectivity index (χ2v) is 5.57. The first-order valence-corrected chi connectivity index (χ1v) is 7.59. The second-order valence-electron chi connectivity index (χ2n) is 5.57. The normalized spacial score (nSPS) is 10.5. The summed E-state index contributed by atoms with van der Waals surface area (Å²) in [5.41, 5.74) is 9.39. The lowest BCUT2D eigenvalue weighted by Gasteiger charge is -2.25. The van der Waals surface area contributed by atoms with E-state index in [1.807, 2.05) is 42.5 Å². The summed E-state index contributed by atoms with van der Waals surface area (Å²) in [7, 11) is 0. The van der Waals surface area contributed by atoms with Crippen LogP contribution in [0, 0.1) is 5.82 Å². The summed E-state index contributed by atoms with van der Waals surface area (Å²) in [6.07, 6.45) is 0. The Kier molecular flexibility index (Phi) is 4.57. The third kappa shape index (κ3) is 4.10. The molecule has 0 unspecified atom stereocenters. The molecule has 2 nitrogen and oxygen atoms in total. The van der Waals surface area contributed by atoms with E-state index in [0.29, 0.717) is 18.8 Å². The van der Waals surface area contributed by atoms with Crippen molar-refractivity contribution >= 4 is 11.4 Å². The topological polar surface area (TPSA) is 29.3 Å². The van der Waals surface area contributed by atoms with Crippen LogP contribution in [0.15, 0.2) is 78.9 Å². The summed E-state index contributed by atoms with van der Waals surface area (Å²) >= 11 is 0.